The van der Waals surface area contributed by atoms with Crippen LogP contribution in [0, 0.1) is 0 Å². The molecule has 1 heteroatoms. The third kappa shape index (κ3) is 3.49. The number of hydrogen-bond acceptors (Lipinski definition) is 1. The summed E-state index contributed by atoms with van der Waals surface area (Å²) in [5.74, 6) is 0. The molecular weight excluding hydrogens is 158 g/mol. The summed E-state index contributed by atoms with van der Waals surface area (Å²) in [7, 11) is 0. The topological polar surface area (TPSA) is 3.24 Å². The molecule has 0 N–H and O–H groups in total. The second-order valence-electron chi connectivity index (χ2n) is 2.90. The zero-order chi connectivity index (χ0) is 10.3. The minimum absolute atomic E-state index is 0.963. The van der Waals surface area contributed by atoms with Gasteiger partial charge in [-0.25, -0.2) is 0 Å². The molecule has 0 aromatic carbocycles. The Morgan fingerprint density at radius 1 is 1.31 bits per heavy atom. The summed E-state index contributed by atoms with van der Waals surface area (Å²) in [5.41, 5.74) is 2.33. The van der Waals surface area contributed by atoms with Gasteiger partial charge in [-0.15, -0.1) is 0 Å². The minimum Gasteiger partial charge on any atom is -0.346 e. The second kappa shape index (κ2) is 6.53. The number of rotatable bonds is 6. The van der Waals surface area contributed by atoms with Crippen molar-refractivity contribution in [3.8, 4) is 0 Å². The zero-order valence-electron chi connectivity index (χ0n) is 9.14. The van der Waals surface area contributed by atoms with Gasteiger partial charge in [0.05, 0.1) is 0 Å². The highest BCUT2D eigenvalue weighted by Gasteiger charge is 2.05. The maximum Gasteiger partial charge on any atom is 0.0329 e. The van der Waals surface area contributed by atoms with Gasteiger partial charge in [0, 0.05) is 17.9 Å². The van der Waals surface area contributed by atoms with E-state index in [1.54, 1.807) is 0 Å². The fourth-order valence-corrected chi connectivity index (χ4v) is 1.38. The Morgan fingerprint density at radius 2 is 1.92 bits per heavy atom. The summed E-state index contributed by atoms with van der Waals surface area (Å²) in [6.45, 7) is 15.1. The van der Waals surface area contributed by atoms with Gasteiger partial charge in [0.25, 0.3) is 0 Å². The predicted octanol–water partition coefficient (Wildman–Crippen LogP) is 3.71. The van der Waals surface area contributed by atoms with Gasteiger partial charge in [0.1, 0.15) is 0 Å². The highest BCUT2D eigenvalue weighted by molar-refractivity contribution is 5.18. The first kappa shape index (κ1) is 12.0. The van der Waals surface area contributed by atoms with Crippen molar-refractivity contribution in [1.29, 1.82) is 0 Å². The van der Waals surface area contributed by atoms with Crippen LogP contribution in [0.15, 0.2) is 36.7 Å². The molecule has 0 fully saturated rings. The molecule has 0 aliphatic carbocycles. The van der Waals surface area contributed by atoms with E-state index in [9.17, 15) is 0 Å². The summed E-state index contributed by atoms with van der Waals surface area (Å²) < 4.78 is 0. The van der Waals surface area contributed by atoms with Crippen LogP contribution in [0.2, 0.25) is 0 Å². The molecule has 0 amide bonds. The molecule has 1 nitrogen and oxygen atoms in total. The molecule has 13 heavy (non-hydrogen) atoms. The standard InChI is InChI=1S/C12H21N/c1-6-10-12(8-3)13(9-4)11(5)7-2/h7,10H,2,5-6,8-9H2,1,3-4H3/b12-10+. The summed E-state index contributed by atoms with van der Waals surface area (Å²) >= 11 is 0. The molecule has 0 saturated heterocycles. The number of hydrogen-bond donors (Lipinski definition) is 0. The third-order valence-electron chi connectivity index (χ3n) is 2.05. The van der Waals surface area contributed by atoms with Gasteiger partial charge in [-0.1, -0.05) is 33.1 Å². The molecule has 0 spiro atoms. The van der Waals surface area contributed by atoms with Crippen molar-refractivity contribution in [1.82, 2.24) is 4.90 Å². The van der Waals surface area contributed by atoms with Crippen LogP contribution in [0.5, 0.6) is 0 Å². The lowest BCUT2D eigenvalue weighted by molar-refractivity contribution is 0.449. The average molecular weight is 179 g/mol. The van der Waals surface area contributed by atoms with Crippen LogP contribution in [0.3, 0.4) is 0 Å². The Balaban J connectivity index is 4.61. The number of allylic oxidation sites excluding steroid dienone is 3. The summed E-state index contributed by atoms with van der Waals surface area (Å²) in [4.78, 5) is 2.20. The highest BCUT2D eigenvalue weighted by Crippen LogP contribution is 2.15. The predicted molar refractivity (Wildman–Crippen MR) is 60.4 cm³/mol. The van der Waals surface area contributed by atoms with Crippen molar-refractivity contribution < 1.29 is 0 Å². The molecule has 0 aromatic rings. The van der Waals surface area contributed by atoms with Crippen molar-refractivity contribution in [2.45, 2.75) is 33.6 Å². The number of likely N-dealkylation sites (N-methyl/N-ethyl adjacent to an activating group) is 1. The Kier molecular flexibility index (Phi) is 6.03. The van der Waals surface area contributed by atoms with Gasteiger partial charge in [-0.2, -0.15) is 0 Å². The highest BCUT2D eigenvalue weighted by atomic mass is 15.1. The van der Waals surface area contributed by atoms with Gasteiger partial charge >= 0.3 is 0 Å². The average Bonchev–Trinajstić information content (AvgIpc) is 2.17. The van der Waals surface area contributed by atoms with Crippen LogP contribution in [-0.4, -0.2) is 11.4 Å². The smallest absolute Gasteiger partial charge is 0.0329 e. The van der Waals surface area contributed by atoms with Crippen molar-refractivity contribution in [2.24, 2.45) is 0 Å². The van der Waals surface area contributed by atoms with Crippen LogP contribution in [0.4, 0.5) is 0 Å². The zero-order valence-corrected chi connectivity index (χ0v) is 9.14. The van der Waals surface area contributed by atoms with E-state index in [0.29, 0.717) is 0 Å². The van der Waals surface area contributed by atoms with Crippen molar-refractivity contribution in [3.05, 3.63) is 36.7 Å². The van der Waals surface area contributed by atoms with Crippen LogP contribution in [0.1, 0.15) is 33.6 Å². The van der Waals surface area contributed by atoms with Gasteiger partial charge in [0.2, 0.25) is 0 Å². The van der Waals surface area contributed by atoms with Crippen LogP contribution < -0.4 is 0 Å². The second-order valence-corrected chi connectivity index (χ2v) is 2.90. The van der Waals surface area contributed by atoms with Gasteiger partial charge in [0.15, 0.2) is 0 Å². The Morgan fingerprint density at radius 3 is 2.23 bits per heavy atom. The van der Waals surface area contributed by atoms with Gasteiger partial charge < -0.3 is 4.90 Å². The summed E-state index contributed by atoms with van der Waals surface area (Å²) in [6, 6.07) is 0. The molecular formula is C12H21N. The number of nitrogens with zero attached hydrogens (tertiary/aromatic N) is 1. The van der Waals surface area contributed by atoms with E-state index in [1.807, 2.05) is 6.08 Å². The molecule has 0 bridgehead atoms. The Bertz CT molecular complexity index is 201. The van der Waals surface area contributed by atoms with E-state index in [-0.39, 0.29) is 0 Å². The van der Waals surface area contributed by atoms with Gasteiger partial charge in [-0.3, -0.25) is 0 Å². The molecule has 0 saturated carbocycles. The van der Waals surface area contributed by atoms with E-state index in [1.165, 1.54) is 5.70 Å². The largest absolute Gasteiger partial charge is 0.346 e. The van der Waals surface area contributed by atoms with Crippen molar-refractivity contribution >= 4 is 0 Å². The lowest BCUT2D eigenvalue weighted by Gasteiger charge is -2.25. The van der Waals surface area contributed by atoms with E-state index < -0.39 is 0 Å². The van der Waals surface area contributed by atoms with Crippen molar-refractivity contribution in [3.63, 3.8) is 0 Å². The first-order valence-electron chi connectivity index (χ1n) is 4.99. The van der Waals surface area contributed by atoms with Gasteiger partial charge in [-0.05, 0) is 25.8 Å². The molecule has 0 heterocycles. The molecule has 0 aliphatic rings. The van der Waals surface area contributed by atoms with Crippen LogP contribution >= 0.6 is 0 Å². The molecule has 0 radical (unpaired) electrons. The Hall–Kier alpha value is -0.980. The maximum absolute atomic E-state index is 3.96. The fourth-order valence-electron chi connectivity index (χ4n) is 1.38. The first-order chi connectivity index (χ1) is 6.21. The monoisotopic (exact) mass is 179 g/mol. The summed E-state index contributed by atoms with van der Waals surface area (Å²) in [5, 5.41) is 0. The van der Waals surface area contributed by atoms with E-state index in [4.69, 9.17) is 0 Å². The normalized spacial score (nSPS) is 11.2. The first-order valence-corrected chi connectivity index (χ1v) is 4.99. The third-order valence-corrected chi connectivity index (χ3v) is 2.05. The van der Waals surface area contributed by atoms with Crippen LogP contribution in [-0.2, 0) is 0 Å². The summed E-state index contributed by atoms with van der Waals surface area (Å²) in [6.07, 6.45) is 6.18. The van der Waals surface area contributed by atoms with E-state index in [0.717, 1.165) is 25.1 Å². The molecule has 0 rings (SSSR count). The Labute approximate surface area is 82.4 Å². The fraction of sp³-hybridized carbons (Fsp3) is 0.500. The molecule has 0 aromatic heterocycles. The molecule has 0 unspecified atom stereocenters. The van der Waals surface area contributed by atoms with Crippen molar-refractivity contribution in [2.75, 3.05) is 6.54 Å². The maximum atomic E-state index is 3.96. The lowest BCUT2D eigenvalue weighted by Crippen LogP contribution is -2.20. The minimum atomic E-state index is 0.963. The molecule has 0 aliphatic heterocycles. The van der Waals surface area contributed by atoms with E-state index in [2.05, 4.69) is 44.9 Å². The quantitative estimate of drug-likeness (QED) is 0.562. The lowest BCUT2D eigenvalue weighted by atomic mass is 10.2. The molecule has 0 atom stereocenters. The van der Waals surface area contributed by atoms with E-state index >= 15 is 0 Å². The van der Waals surface area contributed by atoms with Crippen LogP contribution in [0.25, 0.3) is 0 Å². The SMILES string of the molecule is C=CC(=C)N(CC)/C(=C/CC)CC. The molecule has 74 valence electrons.